The average Bonchev–Trinajstić information content (AvgIpc) is 3.00. The fraction of sp³-hybridized carbons (Fsp3) is 0.182. The summed E-state index contributed by atoms with van der Waals surface area (Å²) in [6.45, 7) is 5.58. The second kappa shape index (κ2) is 12.4. The Morgan fingerprint density at radius 3 is 2.29 bits per heavy atom. The number of aryl methyl sites for hydroxylation is 2. The van der Waals surface area contributed by atoms with E-state index in [0.717, 1.165) is 5.56 Å². The maximum atomic E-state index is 13.8. The largest absolute Gasteiger partial charge is 0.484 e. The van der Waals surface area contributed by atoms with E-state index < -0.39 is 18.2 Å². The standard InChI is InChI=1S/C33H28N4O5/c1-4-29(36-37-34)41-24-14-15-26-28(18-24)35-27-13-9-8-12-25(27)30(26)33(39)42-31-20(2)16-23(17-21(31)3)32(38)40-19-22-10-6-5-7-11-22/h5-18,29H,4,19H2,1-3H3. The summed E-state index contributed by atoms with van der Waals surface area (Å²) in [7, 11) is 0. The topological polar surface area (TPSA) is 123 Å². The molecule has 9 heteroatoms. The predicted molar refractivity (Wildman–Crippen MR) is 160 cm³/mol. The van der Waals surface area contributed by atoms with Crippen LogP contribution in [0.5, 0.6) is 11.5 Å². The summed E-state index contributed by atoms with van der Waals surface area (Å²) in [5.74, 6) is -0.185. The lowest BCUT2D eigenvalue weighted by molar-refractivity contribution is 0.0472. The van der Waals surface area contributed by atoms with Crippen LogP contribution in [0, 0.1) is 13.8 Å². The van der Waals surface area contributed by atoms with Gasteiger partial charge in [0.2, 0.25) is 0 Å². The van der Waals surface area contributed by atoms with E-state index in [1.54, 1.807) is 44.2 Å². The van der Waals surface area contributed by atoms with E-state index in [1.807, 2.05) is 61.5 Å². The molecule has 0 aliphatic heterocycles. The number of esters is 2. The Kier molecular flexibility index (Phi) is 8.32. The minimum atomic E-state index is -0.665. The van der Waals surface area contributed by atoms with Crippen molar-refractivity contribution in [3.05, 3.63) is 123 Å². The van der Waals surface area contributed by atoms with E-state index in [4.69, 9.17) is 24.7 Å². The quantitative estimate of drug-likeness (QED) is 0.0449. The molecule has 210 valence electrons. The first-order valence-electron chi connectivity index (χ1n) is 13.5. The Morgan fingerprint density at radius 2 is 1.57 bits per heavy atom. The molecule has 0 saturated heterocycles. The number of nitrogens with zero attached hydrogens (tertiary/aromatic N) is 4. The molecule has 1 aromatic heterocycles. The minimum Gasteiger partial charge on any atom is -0.484 e. The molecule has 4 aromatic carbocycles. The number of carbonyl (C=O) groups excluding carboxylic acids is 2. The van der Waals surface area contributed by atoms with Crippen molar-refractivity contribution < 1.29 is 23.8 Å². The van der Waals surface area contributed by atoms with Crippen molar-refractivity contribution in [1.82, 2.24) is 4.98 Å². The number of fused-ring (bicyclic) bond motifs is 2. The van der Waals surface area contributed by atoms with Gasteiger partial charge >= 0.3 is 11.9 Å². The molecule has 0 spiro atoms. The van der Waals surface area contributed by atoms with Crippen LogP contribution in [0.25, 0.3) is 32.2 Å². The summed E-state index contributed by atoms with van der Waals surface area (Å²) in [4.78, 5) is 34.1. The maximum Gasteiger partial charge on any atom is 0.344 e. The fourth-order valence-electron chi connectivity index (χ4n) is 4.75. The molecular formula is C33H28N4O5. The van der Waals surface area contributed by atoms with E-state index in [9.17, 15) is 9.59 Å². The van der Waals surface area contributed by atoms with Crippen LogP contribution in [0.1, 0.15) is 50.8 Å². The molecule has 42 heavy (non-hydrogen) atoms. The number of pyridine rings is 1. The molecule has 1 unspecified atom stereocenters. The van der Waals surface area contributed by atoms with Gasteiger partial charge in [0.1, 0.15) is 18.1 Å². The van der Waals surface area contributed by atoms with E-state index in [-0.39, 0.29) is 6.61 Å². The van der Waals surface area contributed by atoms with Gasteiger partial charge in [0, 0.05) is 21.8 Å². The lowest BCUT2D eigenvalue weighted by Gasteiger charge is -2.16. The fourth-order valence-corrected chi connectivity index (χ4v) is 4.75. The van der Waals surface area contributed by atoms with Crippen molar-refractivity contribution in [2.75, 3.05) is 0 Å². The Morgan fingerprint density at radius 1 is 0.881 bits per heavy atom. The molecule has 0 fully saturated rings. The minimum absolute atomic E-state index is 0.161. The van der Waals surface area contributed by atoms with E-state index in [2.05, 4.69) is 10.0 Å². The van der Waals surface area contributed by atoms with Gasteiger partial charge in [0.15, 0.2) is 6.23 Å². The zero-order chi connectivity index (χ0) is 29.6. The Balaban J connectivity index is 1.45. The Bertz CT molecular complexity index is 1830. The van der Waals surface area contributed by atoms with E-state index >= 15 is 0 Å². The molecule has 5 rings (SSSR count). The number of para-hydroxylation sites is 1. The Labute approximate surface area is 242 Å². The zero-order valence-electron chi connectivity index (χ0n) is 23.4. The van der Waals surface area contributed by atoms with Crippen molar-refractivity contribution in [2.45, 2.75) is 40.0 Å². The summed E-state index contributed by atoms with van der Waals surface area (Å²) >= 11 is 0. The SMILES string of the molecule is CCC(N=[N+]=[N-])Oc1ccc2c(C(=O)Oc3c(C)cc(C(=O)OCc4ccccc4)cc3C)c3ccccc3nc2c1. The Hall–Kier alpha value is -5.40. The van der Waals surface area contributed by atoms with Crippen LogP contribution in [-0.4, -0.2) is 23.2 Å². The summed E-state index contributed by atoms with van der Waals surface area (Å²) in [5, 5.41) is 4.88. The van der Waals surface area contributed by atoms with Crippen LogP contribution in [0.15, 0.2) is 90.0 Å². The molecule has 9 nitrogen and oxygen atoms in total. The first-order chi connectivity index (χ1) is 20.4. The van der Waals surface area contributed by atoms with Gasteiger partial charge in [-0.3, -0.25) is 0 Å². The number of aromatic nitrogens is 1. The second-order valence-corrected chi connectivity index (χ2v) is 9.76. The van der Waals surface area contributed by atoms with Gasteiger partial charge in [0.25, 0.3) is 0 Å². The molecule has 0 amide bonds. The van der Waals surface area contributed by atoms with Crippen molar-refractivity contribution >= 4 is 33.7 Å². The number of ether oxygens (including phenoxy) is 3. The summed E-state index contributed by atoms with van der Waals surface area (Å²) in [6, 6.07) is 25.2. The first-order valence-corrected chi connectivity index (χ1v) is 13.5. The second-order valence-electron chi connectivity index (χ2n) is 9.76. The van der Waals surface area contributed by atoms with Crippen LogP contribution in [0.2, 0.25) is 0 Å². The smallest absolute Gasteiger partial charge is 0.344 e. The summed E-state index contributed by atoms with van der Waals surface area (Å²) in [6.07, 6.45) is -0.172. The molecule has 5 aromatic rings. The third kappa shape index (κ3) is 6.01. The maximum absolute atomic E-state index is 13.8. The molecule has 1 heterocycles. The lowest BCUT2D eigenvalue weighted by atomic mass is 10.0. The number of rotatable bonds is 9. The summed E-state index contributed by atoms with van der Waals surface area (Å²) in [5.41, 5.74) is 12.8. The van der Waals surface area contributed by atoms with Crippen molar-refractivity contribution in [2.24, 2.45) is 5.11 Å². The van der Waals surface area contributed by atoms with Gasteiger partial charge in [-0.25, -0.2) is 14.6 Å². The number of hydrogen-bond acceptors (Lipinski definition) is 7. The lowest BCUT2D eigenvalue weighted by Crippen LogP contribution is -2.14. The van der Waals surface area contributed by atoms with Gasteiger partial charge in [0.05, 0.1) is 22.2 Å². The highest BCUT2D eigenvalue weighted by molar-refractivity contribution is 6.15. The van der Waals surface area contributed by atoms with Crippen LogP contribution < -0.4 is 9.47 Å². The number of carbonyl (C=O) groups is 2. The average molecular weight is 561 g/mol. The molecule has 0 saturated carbocycles. The van der Waals surface area contributed by atoms with Gasteiger partial charge in [-0.15, -0.1) is 0 Å². The van der Waals surface area contributed by atoms with Gasteiger partial charge < -0.3 is 14.2 Å². The third-order valence-electron chi connectivity index (χ3n) is 6.76. The van der Waals surface area contributed by atoms with Gasteiger partial charge in [-0.2, -0.15) is 0 Å². The molecule has 0 radical (unpaired) electrons. The summed E-state index contributed by atoms with van der Waals surface area (Å²) < 4.78 is 17.3. The highest BCUT2D eigenvalue weighted by atomic mass is 16.5. The molecule has 0 N–H and O–H groups in total. The van der Waals surface area contributed by atoms with Crippen LogP contribution in [-0.2, 0) is 11.3 Å². The molecular weight excluding hydrogens is 532 g/mol. The molecule has 0 aliphatic rings. The van der Waals surface area contributed by atoms with Gasteiger partial charge in [-0.1, -0.05) is 55.5 Å². The van der Waals surface area contributed by atoms with Crippen molar-refractivity contribution in [3.63, 3.8) is 0 Å². The highest BCUT2D eigenvalue weighted by Crippen LogP contribution is 2.32. The molecule has 1 atom stereocenters. The zero-order valence-corrected chi connectivity index (χ0v) is 23.4. The normalized spacial score (nSPS) is 11.5. The third-order valence-corrected chi connectivity index (χ3v) is 6.76. The number of azide groups is 1. The molecule has 0 aliphatic carbocycles. The van der Waals surface area contributed by atoms with Crippen LogP contribution >= 0.6 is 0 Å². The molecule has 0 bridgehead atoms. The predicted octanol–water partition coefficient (Wildman–Crippen LogP) is 8.01. The van der Waals surface area contributed by atoms with Crippen molar-refractivity contribution in [1.29, 1.82) is 0 Å². The van der Waals surface area contributed by atoms with Crippen LogP contribution in [0.4, 0.5) is 0 Å². The number of benzene rings is 4. The van der Waals surface area contributed by atoms with Crippen LogP contribution in [0.3, 0.4) is 0 Å². The van der Waals surface area contributed by atoms with E-state index in [0.29, 0.717) is 62.0 Å². The monoisotopic (exact) mass is 560 g/mol. The first kappa shape index (κ1) is 28.1. The van der Waals surface area contributed by atoms with Crippen molar-refractivity contribution in [3.8, 4) is 11.5 Å². The van der Waals surface area contributed by atoms with Gasteiger partial charge in [-0.05, 0) is 77.9 Å². The highest BCUT2D eigenvalue weighted by Gasteiger charge is 2.22. The number of hydrogen-bond donors (Lipinski definition) is 0. The van der Waals surface area contributed by atoms with E-state index in [1.165, 1.54) is 0 Å².